The van der Waals surface area contributed by atoms with Gasteiger partial charge >= 0.3 is 0 Å². The maximum Gasteiger partial charge on any atom is 0.224 e. The van der Waals surface area contributed by atoms with Crippen molar-refractivity contribution in [2.75, 3.05) is 13.1 Å². The number of pyridine rings is 1. The van der Waals surface area contributed by atoms with Gasteiger partial charge in [0.1, 0.15) is 0 Å². The third-order valence-corrected chi connectivity index (χ3v) is 7.25. The number of piperidine rings is 1. The fourth-order valence-corrected chi connectivity index (χ4v) is 5.09. The van der Waals surface area contributed by atoms with Gasteiger partial charge in [0, 0.05) is 32.0 Å². The number of amides is 1. The molecule has 0 unspecified atom stereocenters. The summed E-state index contributed by atoms with van der Waals surface area (Å²) in [5.74, 6) is -0.666. The number of carbonyl (C=O) groups is 1. The van der Waals surface area contributed by atoms with Crippen LogP contribution in [0.1, 0.15) is 24.0 Å². The summed E-state index contributed by atoms with van der Waals surface area (Å²) in [5.41, 5.74) is 1.52. The molecule has 0 saturated carbocycles. The van der Waals surface area contributed by atoms with Gasteiger partial charge in [0.25, 0.3) is 0 Å². The predicted molar refractivity (Wildman–Crippen MR) is 109 cm³/mol. The summed E-state index contributed by atoms with van der Waals surface area (Å²) >= 11 is 11.9. The van der Waals surface area contributed by atoms with E-state index in [2.05, 4.69) is 10.3 Å². The van der Waals surface area contributed by atoms with Gasteiger partial charge in [-0.3, -0.25) is 9.78 Å². The van der Waals surface area contributed by atoms with E-state index in [-0.39, 0.29) is 24.1 Å². The maximum absolute atomic E-state index is 12.8. The quantitative estimate of drug-likeness (QED) is 0.745. The van der Waals surface area contributed by atoms with Gasteiger partial charge in [-0.15, -0.1) is 0 Å². The first-order valence-corrected chi connectivity index (χ1v) is 11.3. The van der Waals surface area contributed by atoms with Crippen molar-refractivity contribution < 1.29 is 13.2 Å². The number of benzene rings is 1. The number of aromatic nitrogens is 1. The Bertz CT molecular complexity index is 939. The Morgan fingerprint density at radius 1 is 1.14 bits per heavy atom. The lowest BCUT2D eigenvalue weighted by Gasteiger charge is -2.31. The monoisotopic (exact) mass is 441 g/mol. The van der Waals surface area contributed by atoms with Crippen LogP contribution in [0.3, 0.4) is 0 Å². The van der Waals surface area contributed by atoms with Crippen molar-refractivity contribution in [3.63, 3.8) is 0 Å². The zero-order valence-corrected chi connectivity index (χ0v) is 17.5. The van der Waals surface area contributed by atoms with E-state index in [4.69, 9.17) is 23.2 Å². The van der Waals surface area contributed by atoms with Crippen LogP contribution in [0.4, 0.5) is 0 Å². The van der Waals surface area contributed by atoms with Gasteiger partial charge in [0.2, 0.25) is 15.9 Å². The normalized spacial score (nSPS) is 18.0. The van der Waals surface area contributed by atoms with Crippen molar-refractivity contribution in [3.05, 3.63) is 63.9 Å². The lowest BCUT2D eigenvalue weighted by Crippen LogP contribution is -2.45. The van der Waals surface area contributed by atoms with Gasteiger partial charge in [-0.25, -0.2) is 12.7 Å². The lowest BCUT2D eigenvalue weighted by molar-refractivity contribution is -0.126. The minimum Gasteiger partial charge on any atom is -0.352 e. The molecule has 0 radical (unpaired) electrons. The smallest absolute Gasteiger partial charge is 0.224 e. The molecule has 9 heteroatoms. The van der Waals surface area contributed by atoms with Crippen molar-refractivity contribution in [1.29, 1.82) is 0 Å². The minimum absolute atomic E-state index is 0.133. The third kappa shape index (κ3) is 5.44. The molecule has 1 N–H and O–H groups in total. The summed E-state index contributed by atoms with van der Waals surface area (Å²) in [5, 5.41) is 3.59. The van der Waals surface area contributed by atoms with Crippen LogP contribution in [0.2, 0.25) is 10.0 Å². The summed E-state index contributed by atoms with van der Waals surface area (Å²) in [4.78, 5) is 16.4. The Morgan fingerprint density at radius 3 is 2.61 bits per heavy atom. The molecule has 0 bridgehead atoms. The molecule has 1 amide bonds. The van der Waals surface area contributed by atoms with Gasteiger partial charge in [0.05, 0.1) is 21.7 Å². The SMILES string of the molecule is O=C(NCc1ccncc1)[C@H]1CCCN(S(=O)(=O)Cc2ccc(Cl)c(Cl)c2)C1. The van der Waals surface area contributed by atoms with Crippen LogP contribution in [0.25, 0.3) is 0 Å². The Labute approximate surface area is 174 Å². The van der Waals surface area contributed by atoms with E-state index in [1.165, 1.54) is 4.31 Å². The van der Waals surface area contributed by atoms with Crippen molar-refractivity contribution in [2.45, 2.75) is 25.1 Å². The minimum atomic E-state index is -3.56. The van der Waals surface area contributed by atoms with Crippen LogP contribution in [0.15, 0.2) is 42.7 Å². The van der Waals surface area contributed by atoms with E-state index in [0.29, 0.717) is 41.5 Å². The largest absolute Gasteiger partial charge is 0.352 e. The number of sulfonamides is 1. The molecule has 1 aliphatic rings. The van der Waals surface area contributed by atoms with E-state index < -0.39 is 10.0 Å². The summed E-state index contributed by atoms with van der Waals surface area (Å²) in [6.07, 6.45) is 4.65. The number of nitrogens with zero attached hydrogens (tertiary/aromatic N) is 2. The molecule has 1 fully saturated rings. The molecular formula is C19H21Cl2N3O3S. The summed E-state index contributed by atoms with van der Waals surface area (Å²) < 4.78 is 27.0. The summed E-state index contributed by atoms with van der Waals surface area (Å²) in [6, 6.07) is 8.45. The van der Waals surface area contributed by atoms with Crippen molar-refractivity contribution in [2.24, 2.45) is 5.92 Å². The van der Waals surface area contributed by atoms with E-state index >= 15 is 0 Å². The van der Waals surface area contributed by atoms with E-state index in [9.17, 15) is 13.2 Å². The Balaban J connectivity index is 1.61. The van der Waals surface area contributed by atoms with Gasteiger partial charge < -0.3 is 5.32 Å². The number of hydrogen-bond acceptors (Lipinski definition) is 4. The molecule has 150 valence electrons. The van der Waals surface area contributed by atoms with Crippen LogP contribution in [0, 0.1) is 5.92 Å². The first-order valence-electron chi connectivity index (χ1n) is 8.93. The molecule has 0 aliphatic carbocycles. The summed E-state index contributed by atoms with van der Waals surface area (Å²) in [6.45, 7) is 0.998. The average Bonchev–Trinajstić information content (AvgIpc) is 2.69. The summed E-state index contributed by atoms with van der Waals surface area (Å²) in [7, 11) is -3.56. The predicted octanol–water partition coefficient (Wildman–Crippen LogP) is 3.25. The first-order chi connectivity index (χ1) is 13.3. The molecule has 1 aliphatic heterocycles. The van der Waals surface area contributed by atoms with Crippen molar-refractivity contribution >= 4 is 39.1 Å². The highest BCUT2D eigenvalue weighted by molar-refractivity contribution is 7.88. The fourth-order valence-electron chi connectivity index (χ4n) is 3.17. The Morgan fingerprint density at radius 2 is 1.89 bits per heavy atom. The Hall–Kier alpha value is -1.67. The molecule has 0 spiro atoms. The molecule has 1 aromatic carbocycles. The van der Waals surface area contributed by atoms with E-state index in [1.807, 2.05) is 12.1 Å². The maximum atomic E-state index is 12.8. The number of rotatable bonds is 6. The number of carbonyl (C=O) groups excluding carboxylic acids is 1. The second-order valence-corrected chi connectivity index (χ2v) is 9.56. The zero-order valence-electron chi connectivity index (χ0n) is 15.1. The highest BCUT2D eigenvalue weighted by Crippen LogP contribution is 2.26. The molecular weight excluding hydrogens is 421 g/mol. The number of hydrogen-bond donors (Lipinski definition) is 1. The average molecular weight is 442 g/mol. The van der Waals surface area contributed by atoms with Crippen LogP contribution in [0.5, 0.6) is 0 Å². The highest BCUT2D eigenvalue weighted by atomic mass is 35.5. The van der Waals surface area contributed by atoms with Gasteiger partial charge in [-0.2, -0.15) is 0 Å². The fraction of sp³-hybridized carbons (Fsp3) is 0.368. The number of halogens is 2. The molecule has 2 aromatic rings. The molecule has 28 heavy (non-hydrogen) atoms. The van der Waals surface area contributed by atoms with Crippen LogP contribution in [-0.2, 0) is 27.1 Å². The zero-order chi connectivity index (χ0) is 20.1. The van der Waals surface area contributed by atoms with E-state index in [0.717, 1.165) is 5.56 Å². The van der Waals surface area contributed by atoms with Gasteiger partial charge in [-0.1, -0.05) is 29.3 Å². The molecule has 3 rings (SSSR count). The van der Waals surface area contributed by atoms with Gasteiger partial charge in [-0.05, 0) is 48.2 Å². The third-order valence-electron chi connectivity index (χ3n) is 4.70. The Kier molecular flexibility index (Phi) is 6.93. The first kappa shape index (κ1) is 21.0. The van der Waals surface area contributed by atoms with Crippen molar-refractivity contribution in [3.8, 4) is 0 Å². The standard InChI is InChI=1S/C19H21Cl2N3O3S/c20-17-4-3-15(10-18(17)21)13-28(26,27)24-9-1-2-16(12-24)19(25)23-11-14-5-7-22-8-6-14/h3-8,10,16H,1-2,9,11-13H2,(H,23,25)/t16-/m0/s1. The highest BCUT2D eigenvalue weighted by Gasteiger charge is 2.32. The van der Waals surface area contributed by atoms with Gasteiger partial charge in [0.15, 0.2) is 0 Å². The second kappa shape index (κ2) is 9.22. The van der Waals surface area contributed by atoms with Crippen LogP contribution >= 0.6 is 23.2 Å². The second-order valence-electron chi connectivity index (χ2n) is 6.78. The van der Waals surface area contributed by atoms with Crippen LogP contribution < -0.4 is 5.32 Å². The molecule has 1 atom stereocenters. The molecule has 1 aromatic heterocycles. The molecule has 6 nitrogen and oxygen atoms in total. The molecule has 1 saturated heterocycles. The van der Waals surface area contributed by atoms with Crippen molar-refractivity contribution in [1.82, 2.24) is 14.6 Å². The lowest BCUT2D eigenvalue weighted by atomic mass is 9.99. The topological polar surface area (TPSA) is 79.4 Å². The number of nitrogens with one attached hydrogen (secondary N) is 1. The van der Waals surface area contributed by atoms with Crippen LogP contribution in [-0.4, -0.2) is 36.7 Å². The van der Waals surface area contributed by atoms with E-state index in [1.54, 1.807) is 30.6 Å². The molecule has 2 heterocycles.